The van der Waals surface area contributed by atoms with Gasteiger partial charge in [0.25, 0.3) is 5.69 Å². The van der Waals surface area contributed by atoms with Crippen molar-refractivity contribution in [1.29, 1.82) is 0 Å². The fourth-order valence-corrected chi connectivity index (χ4v) is 4.02. The number of hydrogen-bond acceptors (Lipinski definition) is 6. The molecule has 0 unspecified atom stereocenters. The molecule has 6 nitrogen and oxygen atoms in total. The number of aromatic nitrogens is 1. The number of aryl methyl sites for hydroxylation is 2. The van der Waals surface area contributed by atoms with Crippen molar-refractivity contribution < 1.29 is 9.45 Å². The van der Waals surface area contributed by atoms with Gasteiger partial charge in [-0.05, 0) is 49.8 Å². The van der Waals surface area contributed by atoms with Crippen molar-refractivity contribution in [2.24, 2.45) is 0 Å². The van der Waals surface area contributed by atoms with Crippen LogP contribution in [0.25, 0.3) is 11.1 Å². The summed E-state index contributed by atoms with van der Waals surface area (Å²) in [6, 6.07) is 5.59. The molecule has 0 aliphatic carbocycles. The Balaban J connectivity index is 1.94. The monoisotopic (exact) mass is 333 g/mol. The van der Waals surface area contributed by atoms with Crippen LogP contribution in [0.2, 0.25) is 0 Å². The fourth-order valence-electron chi connectivity index (χ4n) is 2.92. The van der Waals surface area contributed by atoms with E-state index in [4.69, 9.17) is 4.52 Å². The molecule has 1 N–H and O–H groups in total. The molecular formula is C16H19N3O3S. The van der Waals surface area contributed by atoms with Crippen LogP contribution in [0.1, 0.15) is 24.3 Å². The average Bonchev–Trinajstić information content (AvgIpc) is 2.88. The Morgan fingerprint density at radius 1 is 1.35 bits per heavy atom. The van der Waals surface area contributed by atoms with Crippen LogP contribution < -0.4 is 5.32 Å². The lowest BCUT2D eigenvalue weighted by atomic mass is 10.0. The third kappa shape index (κ3) is 3.34. The van der Waals surface area contributed by atoms with Gasteiger partial charge < -0.3 is 9.84 Å². The van der Waals surface area contributed by atoms with Gasteiger partial charge in [0.2, 0.25) is 0 Å². The van der Waals surface area contributed by atoms with Crippen LogP contribution in [0.4, 0.5) is 11.4 Å². The zero-order chi connectivity index (χ0) is 16.4. The Morgan fingerprint density at radius 2 is 2.09 bits per heavy atom. The second-order valence-electron chi connectivity index (χ2n) is 5.72. The van der Waals surface area contributed by atoms with Crippen molar-refractivity contribution in [3.8, 4) is 11.1 Å². The van der Waals surface area contributed by atoms with Gasteiger partial charge >= 0.3 is 0 Å². The van der Waals surface area contributed by atoms with Crippen LogP contribution in [0.15, 0.2) is 22.7 Å². The summed E-state index contributed by atoms with van der Waals surface area (Å²) < 4.78 is 5.16. The van der Waals surface area contributed by atoms with E-state index in [1.165, 1.54) is 0 Å². The highest BCUT2D eigenvalue weighted by Gasteiger charge is 2.21. The molecule has 1 aliphatic heterocycles. The number of anilines is 1. The van der Waals surface area contributed by atoms with Crippen LogP contribution in [-0.4, -0.2) is 27.6 Å². The van der Waals surface area contributed by atoms with Gasteiger partial charge in [-0.2, -0.15) is 11.8 Å². The van der Waals surface area contributed by atoms with Crippen molar-refractivity contribution in [2.45, 2.75) is 32.7 Å². The van der Waals surface area contributed by atoms with E-state index in [0.717, 1.165) is 41.2 Å². The minimum atomic E-state index is -0.332. The summed E-state index contributed by atoms with van der Waals surface area (Å²) in [6.45, 7) is 3.65. The average molecular weight is 333 g/mol. The predicted octanol–water partition coefficient (Wildman–Crippen LogP) is 4.17. The minimum absolute atomic E-state index is 0.0979. The van der Waals surface area contributed by atoms with E-state index in [2.05, 4.69) is 10.5 Å². The minimum Gasteiger partial charge on any atom is -0.377 e. The lowest BCUT2D eigenvalue weighted by molar-refractivity contribution is -0.383. The van der Waals surface area contributed by atoms with Crippen LogP contribution in [0.5, 0.6) is 0 Å². The third-order valence-corrected chi connectivity index (χ3v) is 5.15. The number of nitro benzene ring substituents is 1. The lowest BCUT2D eigenvalue weighted by Crippen LogP contribution is -2.24. The van der Waals surface area contributed by atoms with Gasteiger partial charge in [0, 0.05) is 17.7 Å². The SMILES string of the molecule is Cc1noc(C)c1-c1ccc(NC2CCSCC2)c([N+](=O)[O-])c1. The molecule has 0 spiro atoms. The predicted molar refractivity (Wildman–Crippen MR) is 92.0 cm³/mol. The number of benzene rings is 1. The zero-order valence-corrected chi connectivity index (χ0v) is 14.0. The Hall–Kier alpha value is -2.02. The van der Waals surface area contributed by atoms with Crippen LogP contribution in [0.3, 0.4) is 0 Å². The second-order valence-corrected chi connectivity index (χ2v) is 6.94. The first-order valence-electron chi connectivity index (χ1n) is 7.62. The summed E-state index contributed by atoms with van der Waals surface area (Å²) in [7, 11) is 0. The Kier molecular flexibility index (Phi) is 4.56. The van der Waals surface area contributed by atoms with Gasteiger partial charge in [-0.15, -0.1) is 0 Å². The summed E-state index contributed by atoms with van der Waals surface area (Å²) in [5, 5.41) is 18.7. The first kappa shape index (κ1) is 15.9. The van der Waals surface area contributed by atoms with Crippen molar-refractivity contribution in [3.63, 3.8) is 0 Å². The van der Waals surface area contributed by atoms with Gasteiger partial charge in [0.05, 0.1) is 10.6 Å². The molecule has 0 saturated carbocycles. The van der Waals surface area contributed by atoms with Crippen molar-refractivity contribution in [1.82, 2.24) is 5.16 Å². The van der Waals surface area contributed by atoms with E-state index < -0.39 is 0 Å². The van der Waals surface area contributed by atoms with E-state index >= 15 is 0 Å². The lowest BCUT2D eigenvalue weighted by Gasteiger charge is -2.23. The fraction of sp³-hybridized carbons (Fsp3) is 0.438. The summed E-state index contributed by atoms with van der Waals surface area (Å²) in [5.41, 5.74) is 3.01. The number of nitrogens with one attached hydrogen (secondary N) is 1. The van der Waals surface area contributed by atoms with Crippen molar-refractivity contribution in [3.05, 3.63) is 39.8 Å². The number of nitrogens with zero attached hydrogens (tertiary/aromatic N) is 2. The Bertz CT molecular complexity index is 704. The molecule has 1 fully saturated rings. The maximum atomic E-state index is 11.5. The van der Waals surface area contributed by atoms with Crippen LogP contribution in [-0.2, 0) is 0 Å². The molecule has 2 heterocycles. The van der Waals surface area contributed by atoms with Gasteiger partial charge in [-0.1, -0.05) is 11.2 Å². The normalized spacial score (nSPS) is 15.6. The summed E-state index contributed by atoms with van der Waals surface area (Å²) in [5.74, 6) is 2.87. The molecule has 3 rings (SSSR count). The van der Waals surface area contributed by atoms with Gasteiger partial charge in [0.1, 0.15) is 11.4 Å². The smallest absolute Gasteiger partial charge is 0.292 e. The molecule has 1 aromatic heterocycles. The third-order valence-electron chi connectivity index (χ3n) is 4.10. The molecule has 7 heteroatoms. The largest absolute Gasteiger partial charge is 0.377 e. The van der Waals surface area contributed by atoms with E-state index in [-0.39, 0.29) is 10.6 Å². The topological polar surface area (TPSA) is 81.2 Å². The van der Waals surface area contributed by atoms with Crippen LogP contribution >= 0.6 is 11.8 Å². The molecule has 0 amide bonds. The van der Waals surface area contributed by atoms with E-state index in [1.54, 1.807) is 12.1 Å². The first-order chi connectivity index (χ1) is 11.1. The maximum absolute atomic E-state index is 11.5. The second kappa shape index (κ2) is 6.62. The first-order valence-corrected chi connectivity index (χ1v) is 8.77. The van der Waals surface area contributed by atoms with Gasteiger partial charge in [-0.25, -0.2) is 0 Å². The zero-order valence-electron chi connectivity index (χ0n) is 13.2. The number of nitro groups is 1. The maximum Gasteiger partial charge on any atom is 0.292 e. The molecule has 1 aliphatic rings. The van der Waals surface area contributed by atoms with Crippen molar-refractivity contribution >= 4 is 23.1 Å². The number of thioether (sulfide) groups is 1. The van der Waals surface area contributed by atoms with Crippen molar-refractivity contribution in [2.75, 3.05) is 16.8 Å². The quantitative estimate of drug-likeness (QED) is 0.668. The highest BCUT2D eigenvalue weighted by molar-refractivity contribution is 7.99. The molecule has 23 heavy (non-hydrogen) atoms. The molecule has 2 aromatic rings. The highest BCUT2D eigenvalue weighted by atomic mass is 32.2. The van der Waals surface area contributed by atoms with E-state index in [9.17, 15) is 10.1 Å². The molecule has 0 atom stereocenters. The molecule has 1 saturated heterocycles. The number of rotatable bonds is 4. The molecule has 0 radical (unpaired) electrons. The summed E-state index contributed by atoms with van der Waals surface area (Å²) in [4.78, 5) is 11.1. The molecular weight excluding hydrogens is 314 g/mol. The Labute approximate surface area is 138 Å². The highest BCUT2D eigenvalue weighted by Crippen LogP contribution is 2.34. The standard InChI is InChI=1S/C16H19N3O3S/c1-10-16(11(2)22-18-10)12-3-4-14(15(9-12)19(20)21)17-13-5-7-23-8-6-13/h3-4,9,13,17H,5-8H2,1-2H3. The van der Waals surface area contributed by atoms with E-state index in [1.807, 2.05) is 31.7 Å². The van der Waals surface area contributed by atoms with Gasteiger partial charge in [0.15, 0.2) is 0 Å². The Morgan fingerprint density at radius 3 is 2.70 bits per heavy atom. The molecule has 122 valence electrons. The molecule has 0 bridgehead atoms. The van der Waals surface area contributed by atoms with Crippen LogP contribution in [0, 0.1) is 24.0 Å². The van der Waals surface area contributed by atoms with Gasteiger partial charge in [-0.3, -0.25) is 10.1 Å². The summed E-state index contributed by atoms with van der Waals surface area (Å²) >= 11 is 1.93. The number of hydrogen-bond donors (Lipinski definition) is 1. The molecule has 1 aromatic carbocycles. The summed E-state index contributed by atoms with van der Waals surface area (Å²) in [6.07, 6.45) is 2.07. The van der Waals surface area contributed by atoms with E-state index in [0.29, 0.717) is 17.5 Å².